The number of nitrogens with zero attached hydrogens (tertiary/aromatic N) is 1. The predicted molar refractivity (Wildman–Crippen MR) is 74.9 cm³/mol. The summed E-state index contributed by atoms with van der Waals surface area (Å²) in [6, 6.07) is 6.95. The molecule has 0 aliphatic heterocycles. The van der Waals surface area contributed by atoms with Crippen LogP contribution in [0, 0.1) is 0 Å². The van der Waals surface area contributed by atoms with Crippen LogP contribution in [0.1, 0.15) is 0 Å². The largest absolute Gasteiger partial charge is 0.411 e. The van der Waals surface area contributed by atoms with Gasteiger partial charge in [0.1, 0.15) is 13.2 Å². The summed E-state index contributed by atoms with van der Waals surface area (Å²) in [5.41, 5.74) is 0.963. The highest BCUT2D eigenvalue weighted by Gasteiger charge is 2.27. The van der Waals surface area contributed by atoms with Crippen molar-refractivity contribution < 1.29 is 22.7 Å². The van der Waals surface area contributed by atoms with Gasteiger partial charge in [0.25, 0.3) is 0 Å². The van der Waals surface area contributed by atoms with Crippen LogP contribution in [0.3, 0.4) is 0 Å². The van der Waals surface area contributed by atoms with Crippen LogP contribution >= 0.6 is 15.9 Å². The van der Waals surface area contributed by atoms with E-state index in [1.165, 1.54) is 0 Å². The molecule has 0 radical (unpaired) electrons. The van der Waals surface area contributed by atoms with E-state index in [1.807, 2.05) is 12.1 Å². The number of alkyl halides is 3. The number of ether oxygens (including phenoxy) is 1. The van der Waals surface area contributed by atoms with E-state index in [0.717, 1.165) is 9.86 Å². The van der Waals surface area contributed by atoms with Crippen LogP contribution in [-0.2, 0) is 9.53 Å². The zero-order valence-electron chi connectivity index (χ0n) is 10.6. The molecule has 1 aromatic carbocycles. The Morgan fingerprint density at radius 1 is 1.38 bits per heavy atom. The van der Waals surface area contributed by atoms with Gasteiger partial charge in [0.15, 0.2) is 0 Å². The lowest BCUT2D eigenvalue weighted by Crippen LogP contribution is -2.24. The molecule has 2 aromatic rings. The minimum atomic E-state index is -4.45. The number of pyridine rings is 1. The first-order valence-corrected chi connectivity index (χ1v) is 6.63. The zero-order chi connectivity index (χ0) is 15.5. The summed E-state index contributed by atoms with van der Waals surface area (Å²) in [5.74, 6) is -0.670. The van der Waals surface area contributed by atoms with E-state index in [2.05, 4.69) is 31.0 Å². The predicted octanol–water partition coefficient (Wildman–Crippen LogP) is 3.51. The molecule has 1 aromatic heterocycles. The van der Waals surface area contributed by atoms with E-state index >= 15 is 0 Å². The number of rotatable bonds is 4. The minimum Gasteiger partial charge on any atom is -0.362 e. The monoisotopic (exact) mass is 362 g/mol. The Balaban J connectivity index is 2.04. The lowest BCUT2D eigenvalue weighted by Gasteiger charge is -2.10. The van der Waals surface area contributed by atoms with Crippen LogP contribution in [0.2, 0.25) is 0 Å². The second-order valence-electron chi connectivity index (χ2n) is 4.19. The van der Waals surface area contributed by atoms with Crippen molar-refractivity contribution in [3.05, 3.63) is 34.9 Å². The highest BCUT2D eigenvalue weighted by Crippen LogP contribution is 2.23. The summed E-state index contributed by atoms with van der Waals surface area (Å²) < 4.78 is 40.8. The van der Waals surface area contributed by atoms with Gasteiger partial charge >= 0.3 is 6.18 Å². The van der Waals surface area contributed by atoms with Gasteiger partial charge in [0.2, 0.25) is 5.91 Å². The van der Waals surface area contributed by atoms with Crippen molar-refractivity contribution in [2.45, 2.75) is 6.18 Å². The Kier molecular flexibility index (Phi) is 4.79. The molecule has 0 saturated carbocycles. The normalized spacial score (nSPS) is 11.6. The number of aromatic nitrogens is 1. The fourth-order valence-electron chi connectivity index (χ4n) is 1.68. The molecule has 0 aliphatic rings. The molecule has 1 N–H and O–H groups in total. The Bertz CT molecular complexity index is 661. The highest BCUT2D eigenvalue weighted by atomic mass is 79.9. The lowest BCUT2D eigenvalue weighted by atomic mass is 10.2. The summed E-state index contributed by atoms with van der Waals surface area (Å²) in [6.45, 7) is -2.13. The Hall–Kier alpha value is -1.67. The second kappa shape index (κ2) is 6.40. The van der Waals surface area contributed by atoms with Crippen molar-refractivity contribution in [2.75, 3.05) is 18.5 Å². The van der Waals surface area contributed by atoms with Crippen LogP contribution < -0.4 is 5.32 Å². The summed E-state index contributed by atoms with van der Waals surface area (Å²) in [5, 5.41) is 3.27. The van der Waals surface area contributed by atoms with Crippen LogP contribution in [0.25, 0.3) is 10.9 Å². The van der Waals surface area contributed by atoms with Crippen LogP contribution in [0.5, 0.6) is 0 Å². The van der Waals surface area contributed by atoms with Gasteiger partial charge in [0, 0.05) is 16.1 Å². The Labute approximate surface area is 126 Å². The molecule has 0 atom stereocenters. The van der Waals surface area contributed by atoms with E-state index in [4.69, 9.17) is 0 Å². The quantitative estimate of drug-likeness (QED) is 0.905. The molecule has 1 amide bonds. The molecule has 21 heavy (non-hydrogen) atoms. The molecular weight excluding hydrogens is 353 g/mol. The standard InChI is InChI=1S/C13H10BrF3N2O2/c14-9-4-8-2-1-3-10(12(8)18-5-9)19-11(20)6-21-7-13(15,16)17/h1-5H,6-7H2,(H,19,20). The lowest BCUT2D eigenvalue weighted by molar-refractivity contribution is -0.174. The van der Waals surface area contributed by atoms with Crippen molar-refractivity contribution in [1.29, 1.82) is 0 Å². The number of hydrogen-bond acceptors (Lipinski definition) is 3. The third kappa shape index (κ3) is 4.68. The van der Waals surface area contributed by atoms with Crippen LogP contribution in [0.15, 0.2) is 34.9 Å². The van der Waals surface area contributed by atoms with Gasteiger partial charge in [-0.05, 0) is 28.1 Å². The number of hydrogen-bond donors (Lipinski definition) is 1. The van der Waals surface area contributed by atoms with Gasteiger partial charge < -0.3 is 10.1 Å². The molecule has 0 bridgehead atoms. The SMILES string of the molecule is O=C(COCC(F)(F)F)Nc1cccc2cc(Br)cnc12. The summed E-state index contributed by atoms with van der Waals surface area (Å²) in [4.78, 5) is 15.7. The smallest absolute Gasteiger partial charge is 0.362 e. The average molecular weight is 363 g/mol. The molecule has 112 valence electrons. The maximum atomic E-state index is 11.9. The van der Waals surface area contributed by atoms with Gasteiger partial charge in [-0.25, -0.2) is 0 Å². The van der Waals surface area contributed by atoms with Crippen molar-refractivity contribution in [1.82, 2.24) is 4.98 Å². The van der Waals surface area contributed by atoms with Crippen molar-refractivity contribution >= 4 is 38.4 Å². The van der Waals surface area contributed by atoms with Crippen molar-refractivity contribution in [3.8, 4) is 0 Å². The molecule has 0 aliphatic carbocycles. The molecule has 0 spiro atoms. The number of carbonyl (C=O) groups is 1. The third-order valence-electron chi connectivity index (χ3n) is 2.45. The first-order valence-electron chi connectivity index (χ1n) is 5.84. The number of para-hydroxylation sites is 1. The van der Waals surface area contributed by atoms with E-state index in [-0.39, 0.29) is 0 Å². The second-order valence-corrected chi connectivity index (χ2v) is 5.10. The Morgan fingerprint density at radius 2 is 2.14 bits per heavy atom. The molecule has 0 fully saturated rings. The molecule has 4 nitrogen and oxygen atoms in total. The maximum Gasteiger partial charge on any atom is 0.411 e. The number of carbonyl (C=O) groups excluding carboxylic acids is 1. The number of halogens is 4. The van der Waals surface area contributed by atoms with Gasteiger partial charge in [-0.15, -0.1) is 0 Å². The van der Waals surface area contributed by atoms with Crippen molar-refractivity contribution in [2.24, 2.45) is 0 Å². The first kappa shape index (κ1) is 15.7. The molecule has 8 heteroatoms. The van der Waals surface area contributed by atoms with Gasteiger partial charge in [-0.3, -0.25) is 9.78 Å². The molecule has 2 rings (SSSR count). The zero-order valence-corrected chi connectivity index (χ0v) is 12.2. The number of fused-ring (bicyclic) bond motifs is 1. The minimum absolute atomic E-state index is 0.417. The van der Waals surface area contributed by atoms with Crippen LogP contribution in [0.4, 0.5) is 18.9 Å². The Morgan fingerprint density at radius 3 is 2.86 bits per heavy atom. The van der Waals surface area contributed by atoms with E-state index in [0.29, 0.717) is 11.2 Å². The summed E-state index contributed by atoms with van der Waals surface area (Å²) >= 11 is 3.28. The molecule has 1 heterocycles. The van der Waals surface area contributed by atoms with Crippen molar-refractivity contribution in [3.63, 3.8) is 0 Å². The summed E-state index contributed by atoms with van der Waals surface area (Å²) in [7, 11) is 0. The van der Waals surface area contributed by atoms with Crippen LogP contribution in [-0.4, -0.2) is 30.3 Å². The van der Waals surface area contributed by atoms with E-state index in [9.17, 15) is 18.0 Å². The number of benzene rings is 1. The number of amides is 1. The van der Waals surface area contributed by atoms with Gasteiger partial charge in [-0.2, -0.15) is 13.2 Å². The van der Waals surface area contributed by atoms with E-state index < -0.39 is 25.3 Å². The maximum absolute atomic E-state index is 11.9. The average Bonchev–Trinajstić information content (AvgIpc) is 2.37. The fourth-order valence-corrected chi connectivity index (χ4v) is 2.03. The molecular formula is C13H10BrF3N2O2. The number of nitrogens with one attached hydrogen (secondary N) is 1. The highest BCUT2D eigenvalue weighted by molar-refractivity contribution is 9.10. The van der Waals surface area contributed by atoms with Gasteiger partial charge in [0.05, 0.1) is 11.2 Å². The third-order valence-corrected chi connectivity index (χ3v) is 2.88. The van der Waals surface area contributed by atoms with Gasteiger partial charge in [-0.1, -0.05) is 12.1 Å². The first-order chi connectivity index (χ1) is 9.85. The number of anilines is 1. The van der Waals surface area contributed by atoms with E-state index in [1.54, 1.807) is 18.3 Å². The summed E-state index contributed by atoms with van der Waals surface area (Å²) in [6.07, 6.45) is -2.88. The topological polar surface area (TPSA) is 51.2 Å². The molecule has 0 saturated heterocycles. The molecule has 0 unspecified atom stereocenters. The fraction of sp³-hybridized carbons (Fsp3) is 0.231.